The summed E-state index contributed by atoms with van der Waals surface area (Å²) in [5, 5.41) is 9.48. The van der Waals surface area contributed by atoms with Gasteiger partial charge < -0.3 is 19.2 Å². The molecule has 0 fully saturated rings. The number of hydrogen-bond acceptors (Lipinski definition) is 5. The number of methoxy groups -OCH3 is 1. The highest BCUT2D eigenvalue weighted by atomic mass is 19.1. The third kappa shape index (κ3) is 2.67. The summed E-state index contributed by atoms with van der Waals surface area (Å²) < 4.78 is 24.6. The van der Waals surface area contributed by atoms with Gasteiger partial charge in [0, 0.05) is 6.54 Å². The van der Waals surface area contributed by atoms with Gasteiger partial charge in [-0.3, -0.25) is 9.59 Å². The third-order valence-electron chi connectivity index (χ3n) is 4.68. The Bertz CT molecular complexity index is 1110. The van der Waals surface area contributed by atoms with Crippen LogP contribution in [0.25, 0.3) is 11.0 Å². The molecule has 7 heteroatoms. The lowest BCUT2D eigenvalue weighted by Crippen LogP contribution is -2.32. The van der Waals surface area contributed by atoms with Gasteiger partial charge in [0.1, 0.15) is 17.1 Å². The Kier molecular flexibility index (Phi) is 4.16. The normalized spacial score (nSPS) is 16.0. The van der Waals surface area contributed by atoms with Gasteiger partial charge in [-0.05, 0) is 35.9 Å². The van der Waals surface area contributed by atoms with Gasteiger partial charge in [0.05, 0.1) is 30.7 Å². The SMILES string of the molecule is COc1cccc(C2c3c(oc4ccc(F)cc4c3=O)C(=O)N2CCO)c1. The standard InChI is InChI=1S/C20H16FNO5/c1-26-13-4-2-3-11(9-13)17-16-18(24)14-10-12(21)5-6-15(14)27-19(16)20(25)22(17)7-8-23/h2-6,9-10,17,23H,7-8H2,1H3. The number of hydrogen-bond donors (Lipinski definition) is 1. The van der Waals surface area contributed by atoms with Gasteiger partial charge in [-0.1, -0.05) is 12.1 Å². The maximum Gasteiger partial charge on any atom is 0.290 e. The van der Waals surface area contributed by atoms with Crippen molar-refractivity contribution in [2.24, 2.45) is 0 Å². The fraction of sp³-hybridized carbons (Fsp3) is 0.200. The monoisotopic (exact) mass is 369 g/mol. The molecule has 0 aliphatic carbocycles. The second kappa shape index (κ2) is 6.51. The van der Waals surface area contributed by atoms with Gasteiger partial charge in [-0.15, -0.1) is 0 Å². The zero-order valence-electron chi connectivity index (χ0n) is 14.4. The van der Waals surface area contributed by atoms with Crippen LogP contribution in [0.5, 0.6) is 5.75 Å². The van der Waals surface area contributed by atoms with Crippen LogP contribution in [0, 0.1) is 5.82 Å². The topological polar surface area (TPSA) is 80.0 Å². The Morgan fingerprint density at radius 2 is 2.04 bits per heavy atom. The molecule has 2 aromatic carbocycles. The molecule has 4 rings (SSSR count). The summed E-state index contributed by atoms with van der Waals surface area (Å²) in [6.07, 6.45) is 0. The maximum atomic E-state index is 13.7. The van der Waals surface area contributed by atoms with E-state index in [1.165, 1.54) is 24.1 Å². The molecular weight excluding hydrogens is 353 g/mol. The molecule has 1 amide bonds. The Balaban J connectivity index is 2.01. The molecule has 1 N–H and O–H groups in total. The van der Waals surface area contributed by atoms with Crippen LogP contribution in [0.4, 0.5) is 4.39 Å². The Hall–Kier alpha value is -3.19. The van der Waals surface area contributed by atoms with Crippen LogP contribution in [0.1, 0.15) is 27.7 Å². The molecule has 1 aliphatic rings. The van der Waals surface area contributed by atoms with Gasteiger partial charge in [0.2, 0.25) is 5.76 Å². The molecule has 27 heavy (non-hydrogen) atoms. The van der Waals surface area contributed by atoms with Gasteiger partial charge in [-0.2, -0.15) is 0 Å². The number of β-amino-alcohol motifs (C(OH)–C–C–N with tert-alkyl or cyclic N) is 1. The molecule has 0 saturated carbocycles. The number of ether oxygens (including phenoxy) is 1. The molecule has 1 atom stereocenters. The summed E-state index contributed by atoms with van der Waals surface area (Å²) in [6.45, 7) is -0.252. The summed E-state index contributed by atoms with van der Waals surface area (Å²) >= 11 is 0. The van der Waals surface area contributed by atoms with E-state index in [1.54, 1.807) is 24.3 Å². The number of aliphatic hydroxyl groups excluding tert-OH is 1. The first kappa shape index (κ1) is 17.2. The minimum Gasteiger partial charge on any atom is -0.497 e. The largest absolute Gasteiger partial charge is 0.497 e. The van der Waals surface area contributed by atoms with Crippen molar-refractivity contribution in [3.63, 3.8) is 0 Å². The zero-order chi connectivity index (χ0) is 19.1. The second-order valence-electron chi connectivity index (χ2n) is 6.22. The van der Waals surface area contributed by atoms with Gasteiger partial charge in [-0.25, -0.2) is 4.39 Å². The number of fused-ring (bicyclic) bond motifs is 2. The van der Waals surface area contributed by atoms with Crippen LogP contribution in [0.15, 0.2) is 51.7 Å². The quantitative estimate of drug-likeness (QED) is 0.764. The first-order valence-electron chi connectivity index (χ1n) is 8.37. The Morgan fingerprint density at radius 1 is 1.22 bits per heavy atom. The van der Waals surface area contributed by atoms with E-state index in [2.05, 4.69) is 0 Å². The lowest BCUT2D eigenvalue weighted by atomic mass is 9.98. The summed E-state index contributed by atoms with van der Waals surface area (Å²) in [7, 11) is 1.52. The highest BCUT2D eigenvalue weighted by Crippen LogP contribution is 2.38. The second-order valence-corrected chi connectivity index (χ2v) is 6.22. The van der Waals surface area contributed by atoms with E-state index in [9.17, 15) is 19.1 Å². The zero-order valence-corrected chi connectivity index (χ0v) is 14.4. The van der Waals surface area contributed by atoms with E-state index in [-0.39, 0.29) is 35.4 Å². The average Bonchev–Trinajstić information content (AvgIpc) is 2.95. The van der Waals surface area contributed by atoms with Crippen LogP contribution in [-0.4, -0.2) is 36.2 Å². The van der Waals surface area contributed by atoms with Crippen molar-refractivity contribution < 1.29 is 23.4 Å². The molecule has 0 bridgehead atoms. The van der Waals surface area contributed by atoms with E-state index in [0.717, 1.165) is 6.07 Å². The van der Waals surface area contributed by atoms with Crippen LogP contribution in [0.2, 0.25) is 0 Å². The molecule has 0 radical (unpaired) electrons. The molecule has 0 saturated heterocycles. The van der Waals surface area contributed by atoms with Gasteiger partial charge in [0.25, 0.3) is 5.91 Å². The number of benzene rings is 2. The Morgan fingerprint density at radius 3 is 2.78 bits per heavy atom. The maximum absolute atomic E-state index is 13.7. The number of carbonyl (C=O) groups excluding carboxylic acids is 1. The predicted octanol–water partition coefficient (Wildman–Crippen LogP) is 2.48. The van der Waals surface area contributed by atoms with Crippen molar-refractivity contribution in [3.05, 3.63) is 75.4 Å². The smallest absolute Gasteiger partial charge is 0.290 e. The van der Waals surface area contributed by atoms with Crippen LogP contribution in [-0.2, 0) is 0 Å². The summed E-state index contributed by atoms with van der Waals surface area (Å²) in [6, 6.07) is 9.81. The summed E-state index contributed by atoms with van der Waals surface area (Å²) in [5.41, 5.74) is 0.453. The first-order chi connectivity index (χ1) is 13.0. The lowest BCUT2D eigenvalue weighted by Gasteiger charge is -2.24. The van der Waals surface area contributed by atoms with Crippen molar-refractivity contribution in [1.82, 2.24) is 4.90 Å². The average molecular weight is 369 g/mol. The third-order valence-corrected chi connectivity index (χ3v) is 4.68. The van der Waals surface area contributed by atoms with Crippen LogP contribution < -0.4 is 10.2 Å². The van der Waals surface area contributed by atoms with E-state index in [0.29, 0.717) is 11.3 Å². The highest BCUT2D eigenvalue weighted by molar-refractivity contribution is 5.99. The molecule has 1 aliphatic heterocycles. The van der Waals surface area contributed by atoms with Crippen molar-refractivity contribution in [1.29, 1.82) is 0 Å². The van der Waals surface area contributed by atoms with E-state index < -0.39 is 23.2 Å². The van der Waals surface area contributed by atoms with Crippen molar-refractivity contribution in [3.8, 4) is 5.75 Å². The number of nitrogens with zero attached hydrogens (tertiary/aromatic N) is 1. The fourth-order valence-electron chi connectivity index (χ4n) is 3.49. The molecule has 2 heterocycles. The van der Waals surface area contributed by atoms with Crippen molar-refractivity contribution in [2.75, 3.05) is 20.3 Å². The molecule has 6 nitrogen and oxygen atoms in total. The van der Waals surface area contributed by atoms with Gasteiger partial charge in [0.15, 0.2) is 5.43 Å². The molecule has 138 valence electrons. The molecule has 3 aromatic rings. The Labute approximate surface area is 153 Å². The lowest BCUT2D eigenvalue weighted by molar-refractivity contribution is 0.0691. The number of halogens is 1. The van der Waals surface area contributed by atoms with Crippen molar-refractivity contribution >= 4 is 16.9 Å². The number of aliphatic hydroxyl groups is 1. The molecule has 1 aromatic heterocycles. The first-order valence-corrected chi connectivity index (χ1v) is 8.37. The van der Waals surface area contributed by atoms with E-state index >= 15 is 0 Å². The number of rotatable bonds is 4. The van der Waals surface area contributed by atoms with E-state index in [1.807, 2.05) is 0 Å². The predicted molar refractivity (Wildman–Crippen MR) is 95.4 cm³/mol. The van der Waals surface area contributed by atoms with Gasteiger partial charge >= 0.3 is 0 Å². The van der Waals surface area contributed by atoms with E-state index in [4.69, 9.17) is 9.15 Å². The molecular formula is C20H16FNO5. The number of carbonyl (C=O) groups is 1. The van der Waals surface area contributed by atoms with Crippen LogP contribution in [0.3, 0.4) is 0 Å². The minimum absolute atomic E-state index is 0.0229. The number of amides is 1. The summed E-state index contributed by atoms with van der Waals surface area (Å²) in [5.74, 6) is -0.576. The molecule has 1 unspecified atom stereocenters. The summed E-state index contributed by atoms with van der Waals surface area (Å²) in [4.78, 5) is 27.3. The molecule has 0 spiro atoms. The van der Waals surface area contributed by atoms with Crippen LogP contribution >= 0.6 is 0 Å². The minimum atomic E-state index is -0.751. The highest BCUT2D eigenvalue weighted by Gasteiger charge is 2.42. The van der Waals surface area contributed by atoms with Crippen molar-refractivity contribution in [2.45, 2.75) is 6.04 Å². The fourth-order valence-corrected chi connectivity index (χ4v) is 3.49.